The molecule has 1 atom stereocenters. The Hall–Kier alpha value is -2.05. The van der Waals surface area contributed by atoms with Crippen molar-refractivity contribution < 1.29 is 13.6 Å². The normalized spacial score (nSPS) is 26.7. The fourth-order valence-electron chi connectivity index (χ4n) is 2.68. The molecule has 2 N–H and O–H groups in total. The SMILES string of the molecule is CC1=CN=C2CC(=C(C(=O)NC3CCCC3(F)F)C=N2)N1. The first-order valence-electron chi connectivity index (χ1n) is 6.92. The second kappa shape index (κ2) is 5.05. The molecule has 2 bridgehead atoms. The Kier molecular flexibility index (Phi) is 3.35. The number of rotatable bonds is 2. The van der Waals surface area contributed by atoms with E-state index in [1.807, 2.05) is 6.92 Å². The van der Waals surface area contributed by atoms with E-state index >= 15 is 0 Å². The lowest BCUT2D eigenvalue weighted by Gasteiger charge is -2.22. The van der Waals surface area contributed by atoms with Crippen molar-refractivity contribution in [2.24, 2.45) is 9.98 Å². The van der Waals surface area contributed by atoms with Crippen LogP contribution in [0.25, 0.3) is 0 Å². The molecule has 1 unspecified atom stereocenters. The van der Waals surface area contributed by atoms with E-state index in [4.69, 9.17) is 0 Å². The van der Waals surface area contributed by atoms with Crippen molar-refractivity contribution in [1.29, 1.82) is 0 Å². The Morgan fingerprint density at radius 1 is 1.52 bits per heavy atom. The average Bonchev–Trinajstić information content (AvgIpc) is 2.67. The van der Waals surface area contributed by atoms with Gasteiger partial charge in [-0.3, -0.25) is 4.79 Å². The van der Waals surface area contributed by atoms with Gasteiger partial charge in [-0.1, -0.05) is 0 Å². The predicted octanol–water partition coefficient (Wildman–Crippen LogP) is 1.88. The lowest BCUT2D eigenvalue weighted by molar-refractivity contribution is -0.120. The van der Waals surface area contributed by atoms with Gasteiger partial charge in [0.1, 0.15) is 5.84 Å². The molecule has 7 heteroatoms. The monoisotopic (exact) mass is 294 g/mol. The molecule has 0 spiro atoms. The van der Waals surface area contributed by atoms with Crippen molar-refractivity contribution in [3.8, 4) is 0 Å². The van der Waals surface area contributed by atoms with Gasteiger partial charge in [-0.25, -0.2) is 18.8 Å². The number of allylic oxidation sites excluding steroid dienone is 1. The van der Waals surface area contributed by atoms with Crippen LogP contribution in [0.4, 0.5) is 8.78 Å². The van der Waals surface area contributed by atoms with Crippen molar-refractivity contribution in [2.45, 2.75) is 44.6 Å². The highest BCUT2D eigenvalue weighted by Crippen LogP contribution is 2.35. The molecule has 112 valence electrons. The number of aliphatic imine (C=N–C) groups is 2. The highest BCUT2D eigenvalue weighted by Gasteiger charge is 2.45. The molecule has 3 aliphatic rings. The van der Waals surface area contributed by atoms with Crippen LogP contribution in [0.1, 0.15) is 32.6 Å². The number of hydrogen-bond acceptors (Lipinski definition) is 4. The van der Waals surface area contributed by atoms with Crippen molar-refractivity contribution in [3.63, 3.8) is 0 Å². The molecule has 0 aromatic heterocycles. The second-order valence-electron chi connectivity index (χ2n) is 5.49. The molecule has 1 aliphatic carbocycles. The summed E-state index contributed by atoms with van der Waals surface area (Å²) in [6.45, 7) is 1.82. The zero-order valence-corrected chi connectivity index (χ0v) is 11.6. The first-order valence-corrected chi connectivity index (χ1v) is 6.92. The largest absolute Gasteiger partial charge is 0.360 e. The summed E-state index contributed by atoms with van der Waals surface area (Å²) in [6, 6.07) is -1.09. The molecule has 0 saturated heterocycles. The first kappa shape index (κ1) is 13.9. The van der Waals surface area contributed by atoms with Gasteiger partial charge in [0.05, 0.1) is 11.6 Å². The molecule has 1 amide bonds. The lowest BCUT2D eigenvalue weighted by atomic mass is 10.1. The summed E-state index contributed by atoms with van der Waals surface area (Å²) in [5, 5.41) is 5.51. The summed E-state index contributed by atoms with van der Waals surface area (Å²) in [7, 11) is 0. The molecule has 0 aromatic rings. The fraction of sp³-hybridized carbons (Fsp3) is 0.500. The van der Waals surface area contributed by atoms with Gasteiger partial charge < -0.3 is 10.6 Å². The van der Waals surface area contributed by atoms with Crippen LogP contribution in [-0.2, 0) is 4.79 Å². The number of carbonyl (C=O) groups is 1. The van der Waals surface area contributed by atoms with Gasteiger partial charge in [-0.15, -0.1) is 0 Å². The van der Waals surface area contributed by atoms with E-state index in [9.17, 15) is 13.6 Å². The standard InChI is InChI=1S/C14H16F2N4O/c1-8-6-17-12-5-10(19-8)9(7-18-12)13(21)20-11-3-2-4-14(11,15)16/h6-7,11,19H,2-5H2,1H3,(H,20,21). The van der Waals surface area contributed by atoms with Crippen LogP contribution < -0.4 is 10.6 Å². The van der Waals surface area contributed by atoms with Crippen molar-refractivity contribution in [3.05, 3.63) is 23.2 Å². The predicted molar refractivity (Wildman–Crippen MR) is 75.2 cm³/mol. The maximum absolute atomic E-state index is 13.6. The number of nitrogens with one attached hydrogen (secondary N) is 2. The summed E-state index contributed by atoms with van der Waals surface area (Å²) in [5.41, 5.74) is 1.72. The number of fused-ring (bicyclic) bond motifs is 2. The quantitative estimate of drug-likeness (QED) is 0.816. The highest BCUT2D eigenvalue weighted by molar-refractivity contribution is 6.17. The topological polar surface area (TPSA) is 65.8 Å². The minimum atomic E-state index is -2.83. The number of halogens is 2. The van der Waals surface area contributed by atoms with Crippen LogP contribution in [0.5, 0.6) is 0 Å². The van der Waals surface area contributed by atoms with Crippen LogP contribution in [-0.4, -0.2) is 29.9 Å². The summed E-state index contributed by atoms with van der Waals surface area (Å²) in [4.78, 5) is 20.5. The van der Waals surface area contributed by atoms with Crippen molar-refractivity contribution in [1.82, 2.24) is 10.6 Å². The number of amides is 1. The van der Waals surface area contributed by atoms with E-state index in [2.05, 4.69) is 20.6 Å². The molecule has 1 saturated carbocycles. The Bertz CT molecular complexity index is 604. The van der Waals surface area contributed by atoms with Gasteiger partial charge in [0.15, 0.2) is 0 Å². The fourth-order valence-corrected chi connectivity index (χ4v) is 2.68. The molecular formula is C14H16F2N4O. The van der Waals surface area contributed by atoms with E-state index in [-0.39, 0.29) is 6.42 Å². The molecular weight excluding hydrogens is 278 g/mol. The maximum Gasteiger partial charge on any atom is 0.267 e. The molecule has 1 fully saturated rings. The molecule has 0 aromatic carbocycles. The summed E-state index contributed by atoms with van der Waals surface area (Å²) in [6.07, 6.45) is 3.97. The van der Waals surface area contributed by atoms with E-state index in [0.717, 1.165) is 5.70 Å². The molecule has 2 heterocycles. The second-order valence-corrected chi connectivity index (χ2v) is 5.49. The van der Waals surface area contributed by atoms with Crippen LogP contribution in [0.2, 0.25) is 0 Å². The Labute approximate surface area is 120 Å². The third-order valence-electron chi connectivity index (χ3n) is 3.82. The zero-order chi connectivity index (χ0) is 15.0. The van der Waals surface area contributed by atoms with Gasteiger partial charge in [-0.2, -0.15) is 0 Å². The summed E-state index contributed by atoms with van der Waals surface area (Å²) < 4.78 is 27.2. The first-order chi connectivity index (χ1) is 9.95. The van der Waals surface area contributed by atoms with E-state index in [0.29, 0.717) is 36.4 Å². The zero-order valence-electron chi connectivity index (χ0n) is 11.6. The number of dihydropyridines is 1. The molecule has 2 aliphatic heterocycles. The lowest BCUT2D eigenvalue weighted by Crippen LogP contribution is -2.45. The van der Waals surface area contributed by atoms with Crippen LogP contribution in [0.15, 0.2) is 33.2 Å². The number of alkyl halides is 2. The van der Waals surface area contributed by atoms with Crippen LogP contribution in [0.3, 0.4) is 0 Å². The van der Waals surface area contributed by atoms with Gasteiger partial charge in [0.25, 0.3) is 11.8 Å². The Morgan fingerprint density at radius 2 is 2.33 bits per heavy atom. The highest BCUT2D eigenvalue weighted by atomic mass is 19.3. The summed E-state index contributed by atoms with van der Waals surface area (Å²) >= 11 is 0. The Morgan fingerprint density at radius 3 is 3.05 bits per heavy atom. The van der Waals surface area contributed by atoms with E-state index in [1.165, 1.54) is 6.21 Å². The third kappa shape index (κ3) is 2.72. The number of amidine groups is 1. The molecule has 21 heavy (non-hydrogen) atoms. The van der Waals surface area contributed by atoms with Gasteiger partial charge in [0, 0.05) is 36.7 Å². The van der Waals surface area contributed by atoms with Crippen LogP contribution in [0, 0.1) is 0 Å². The minimum Gasteiger partial charge on any atom is -0.360 e. The van der Waals surface area contributed by atoms with Crippen LogP contribution >= 0.6 is 0 Å². The number of nitrogens with zero attached hydrogens (tertiary/aromatic N) is 2. The van der Waals surface area contributed by atoms with Gasteiger partial charge in [-0.05, 0) is 19.8 Å². The third-order valence-corrected chi connectivity index (χ3v) is 3.82. The van der Waals surface area contributed by atoms with Gasteiger partial charge >= 0.3 is 0 Å². The molecule has 0 radical (unpaired) electrons. The minimum absolute atomic E-state index is 0.172. The van der Waals surface area contributed by atoms with Crippen molar-refractivity contribution in [2.75, 3.05) is 0 Å². The van der Waals surface area contributed by atoms with Crippen molar-refractivity contribution >= 4 is 18.0 Å². The number of hydrogen-bond donors (Lipinski definition) is 2. The molecule has 5 nitrogen and oxygen atoms in total. The smallest absolute Gasteiger partial charge is 0.267 e. The van der Waals surface area contributed by atoms with E-state index in [1.54, 1.807) is 6.20 Å². The van der Waals surface area contributed by atoms with Gasteiger partial charge in [0.2, 0.25) is 0 Å². The number of carbonyl (C=O) groups excluding carboxylic acids is 1. The molecule has 3 rings (SSSR count). The van der Waals surface area contributed by atoms with E-state index < -0.39 is 17.9 Å². The Balaban J connectivity index is 1.80. The average molecular weight is 294 g/mol. The summed E-state index contributed by atoms with van der Waals surface area (Å²) in [5.74, 6) is -2.75. The maximum atomic E-state index is 13.6.